The van der Waals surface area contributed by atoms with Crippen LogP contribution in [0, 0.1) is 11.6 Å². The summed E-state index contributed by atoms with van der Waals surface area (Å²) in [5.41, 5.74) is 7.73. The molecule has 2 N–H and O–H groups in total. The minimum Gasteiger partial charge on any atom is -0.399 e. The molecule has 0 spiro atoms. The number of hydrogen-bond donors (Lipinski definition) is 1. The average Bonchev–Trinajstić information content (AvgIpc) is 2.53. The first-order chi connectivity index (χ1) is 10.6. The van der Waals surface area contributed by atoms with Gasteiger partial charge in [-0.15, -0.1) is 0 Å². The number of hydrogen-bond acceptors (Lipinski definition) is 3. The van der Waals surface area contributed by atoms with Crippen molar-refractivity contribution in [1.29, 1.82) is 0 Å². The normalized spacial score (nSPS) is 16.0. The Morgan fingerprint density at radius 3 is 2.05 bits per heavy atom. The second-order valence-corrected chi connectivity index (χ2v) is 5.55. The van der Waals surface area contributed by atoms with Gasteiger partial charge in [0.1, 0.15) is 11.6 Å². The summed E-state index contributed by atoms with van der Waals surface area (Å²) in [6.45, 7) is 3.53. The van der Waals surface area contributed by atoms with Gasteiger partial charge < -0.3 is 10.6 Å². The van der Waals surface area contributed by atoms with E-state index in [0.717, 1.165) is 37.6 Å². The summed E-state index contributed by atoms with van der Waals surface area (Å²) in [7, 11) is 0. The molecule has 1 saturated heterocycles. The van der Waals surface area contributed by atoms with Crippen molar-refractivity contribution < 1.29 is 8.78 Å². The molecule has 0 bridgehead atoms. The SMILES string of the molecule is Nc1ccc(N2CCN(Cc3c(F)cccc3F)CC2)cc1. The van der Waals surface area contributed by atoms with Crippen molar-refractivity contribution in [2.45, 2.75) is 6.54 Å². The maximum absolute atomic E-state index is 13.7. The molecule has 116 valence electrons. The van der Waals surface area contributed by atoms with E-state index in [-0.39, 0.29) is 5.56 Å². The lowest BCUT2D eigenvalue weighted by Gasteiger charge is -2.36. The minimum absolute atomic E-state index is 0.156. The van der Waals surface area contributed by atoms with Gasteiger partial charge in [-0.1, -0.05) is 6.07 Å². The Morgan fingerprint density at radius 2 is 1.45 bits per heavy atom. The lowest BCUT2D eigenvalue weighted by molar-refractivity contribution is 0.243. The first kappa shape index (κ1) is 14.8. The van der Waals surface area contributed by atoms with E-state index in [2.05, 4.69) is 9.80 Å². The maximum atomic E-state index is 13.7. The van der Waals surface area contributed by atoms with Gasteiger partial charge in [-0.25, -0.2) is 8.78 Å². The highest BCUT2D eigenvalue weighted by Gasteiger charge is 2.19. The summed E-state index contributed by atoms with van der Waals surface area (Å²) >= 11 is 0. The number of anilines is 2. The number of piperazine rings is 1. The van der Waals surface area contributed by atoms with Gasteiger partial charge in [-0.3, -0.25) is 4.90 Å². The number of nitrogens with zero attached hydrogens (tertiary/aromatic N) is 2. The van der Waals surface area contributed by atoms with Crippen LogP contribution in [0.25, 0.3) is 0 Å². The zero-order chi connectivity index (χ0) is 15.5. The van der Waals surface area contributed by atoms with E-state index in [4.69, 9.17) is 5.73 Å². The molecule has 1 aliphatic heterocycles. The molecular formula is C17H19F2N3. The fraction of sp³-hybridized carbons (Fsp3) is 0.294. The molecule has 0 atom stereocenters. The van der Waals surface area contributed by atoms with Crippen molar-refractivity contribution in [2.24, 2.45) is 0 Å². The number of nitrogens with two attached hydrogens (primary N) is 1. The van der Waals surface area contributed by atoms with Crippen LogP contribution in [0.3, 0.4) is 0 Å². The molecular weight excluding hydrogens is 284 g/mol. The van der Waals surface area contributed by atoms with Crippen LogP contribution in [0.5, 0.6) is 0 Å². The van der Waals surface area contributed by atoms with E-state index in [1.165, 1.54) is 18.2 Å². The standard InChI is InChI=1S/C17H19F2N3/c18-16-2-1-3-17(19)15(16)12-21-8-10-22(11-9-21)14-6-4-13(20)5-7-14/h1-7H,8-12,20H2. The molecule has 0 unspecified atom stereocenters. The molecule has 5 heteroatoms. The molecule has 0 saturated carbocycles. The first-order valence-corrected chi connectivity index (χ1v) is 7.39. The topological polar surface area (TPSA) is 32.5 Å². The molecule has 3 rings (SSSR count). The van der Waals surface area contributed by atoms with E-state index >= 15 is 0 Å². The summed E-state index contributed by atoms with van der Waals surface area (Å²) in [5, 5.41) is 0. The van der Waals surface area contributed by atoms with Gasteiger partial charge in [0.25, 0.3) is 0 Å². The summed E-state index contributed by atoms with van der Waals surface area (Å²) in [6, 6.07) is 11.8. The average molecular weight is 303 g/mol. The molecule has 1 fully saturated rings. The van der Waals surface area contributed by atoms with Crippen LogP contribution in [-0.2, 0) is 6.54 Å². The third-order valence-corrected chi connectivity index (χ3v) is 4.07. The fourth-order valence-electron chi connectivity index (χ4n) is 2.76. The van der Waals surface area contributed by atoms with Crippen LogP contribution in [0.2, 0.25) is 0 Å². The van der Waals surface area contributed by atoms with Gasteiger partial charge in [0, 0.05) is 49.7 Å². The number of rotatable bonds is 3. The van der Waals surface area contributed by atoms with Crippen molar-refractivity contribution in [3.8, 4) is 0 Å². The predicted molar refractivity (Wildman–Crippen MR) is 84.7 cm³/mol. The van der Waals surface area contributed by atoms with Crippen LogP contribution in [-0.4, -0.2) is 31.1 Å². The Hall–Kier alpha value is -2.14. The Morgan fingerprint density at radius 1 is 0.864 bits per heavy atom. The molecule has 0 amide bonds. The second kappa shape index (κ2) is 6.32. The van der Waals surface area contributed by atoms with Crippen LogP contribution in [0.1, 0.15) is 5.56 Å². The van der Waals surface area contributed by atoms with Gasteiger partial charge in [0.2, 0.25) is 0 Å². The van der Waals surface area contributed by atoms with E-state index in [1.807, 2.05) is 24.3 Å². The number of benzene rings is 2. The third kappa shape index (κ3) is 3.20. The molecule has 0 aromatic heterocycles. The molecule has 3 nitrogen and oxygen atoms in total. The van der Waals surface area contributed by atoms with E-state index in [1.54, 1.807) is 0 Å². The highest BCUT2D eigenvalue weighted by Crippen LogP contribution is 2.20. The Kier molecular flexibility index (Phi) is 4.24. The Bertz CT molecular complexity index is 615. The van der Waals surface area contributed by atoms with Gasteiger partial charge in [-0.05, 0) is 36.4 Å². The molecule has 2 aromatic rings. The Labute approximate surface area is 128 Å². The summed E-state index contributed by atoms with van der Waals surface area (Å²) in [6.07, 6.45) is 0. The first-order valence-electron chi connectivity index (χ1n) is 7.39. The van der Waals surface area contributed by atoms with Gasteiger partial charge in [0.05, 0.1) is 0 Å². The monoisotopic (exact) mass is 303 g/mol. The summed E-state index contributed by atoms with van der Waals surface area (Å²) < 4.78 is 27.4. The molecule has 0 aliphatic carbocycles. The number of halogens is 2. The predicted octanol–water partition coefficient (Wildman–Crippen LogP) is 2.87. The lowest BCUT2D eigenvalue weighted by atomic mass is 10.1. The maximum Gasteiger partial charge on any atom is 0.130 e. The molecule has 0 radical (unpaired) electrons. The zero-order valence-electron chi connectivity index (χ0n) is 12.3. The van der Waals surface area contributed by atoms with Crippen LogP contribution >= 0.6 is 0 Å². The molecule has 1 heterocycles. The fourth-order valence-corrected chi connectivity index (χ4v) is 2.76. The second-order valence-electron chi connectivity index (χ2n) is 5.55. The highest BCUT2D eigenvalue weighted by molar-refractivity contribution is 5.53. The molecule has 1 aliphatic rings. The Balaban J connectivity index is 1.61. The smallest absolute Gasteiger partial charge is 0.130 e. The summed E-state index contributed by atoms with van der Waals surface area (Å²) in [4.78, 5) is 4.34. The molecule has 2 aromatic carbocycles. The summed E-state index contributed by atoms with van der Waals surface area (Å²) in [5.74, 6) is -0.943. The third-order valence-electron chi connectivity index (χ3n) is 4.07. The molecule has 22 heavy (non-hydrogen) atoms. The van der Waals surface area contributed by atoms with Crippen LogP contribution in [0.4, 0.5) is 20.2 Å². The van der Waals surface area contributed by atoms with Crippen molar-refractivity contribution in [2.75, 3.05) is 36.8 Å². The van der Waals surface area contributed by atoms with Crippen molar-refractivity contribution in [3.05, 3.63) is 59.7 Å². The zero-order valence-corrected chi connectivity index (χ0v) is 12.3. The van der Waals surface area contributed by atoms with Gasteiger partial charge >= 0.3 is 0 Å². The van der Waals surface area contributed by atoms with Crippen LogP contribution in [0.15, 0.2) is 42.5 Å². The van der Waals surface area contributed by atoms with E-state index in [9.17, 15) is 8.78 Å². The lowest BCUT2D eigenvalue weighted by Crippen LogP contribution is -2.46. The largest absolute Gasteiger partial charge is 0.399 e. The minimum atomic E-state index is -0.471. The van der Waals surface area contributed by atoms with Crippen molar-refractivity contribution in [1.82, 2.24) is 4.90 Å². The number of nitrogen functional groups attached to an aromatic ring is 1. The van der Waals surface area contributed by atoms with Crippen LogP contribution < -0.4 is 10.6 Å². The van der Waals surface area contributed by atoms with Gasteiger partial charge in [0.15, 0.2) is 0 Å². The van der Waals surface area contributed by atoms with Crippen molar-refractivity contribution in [3.63, 3.8) is 0 Å². The van der Waals surface area contributed by atoms with Crippen molar-refractivity contribution >= 4 is 11.4 Å². The van der Waals surface area contributed by atoms with E-state index in [0.29, 0.717) is 6.54 Å². The van der Waals surface area contributed by atoms with E-state index < -0.39 is 11.6 Å². The quantitative estimate of drug-likeness (QED) is 0.885. The van der Waals surface area contributed by atoms with Gasteiger partial charge in [-0.2, -0.15) is 0 Å². The highest BCUT2D eigenvalue weighted by atomic mass is 19.1.